The number of thiophene rings is 1. The molecule has 1 saturated heterocycles. The third-order valence-corrected chi connectivity index (χ3v) is 4.34. The quantitative estimate of drug-likeness (QED) is 0.847. The van der Waals surface area contributed by atoms with E-state index in [1.165, 1.54) is 11.3 Å². The summed E-state index contributed by atoms with van der Waals surface area (Å²) < 4.78 is 0. The van der Waals surface area contributed by atoms with Crippen molar-refractivity contribution in [2.45, 2.75) is 25.8 Å². The summed E-state index contributed by atoms with van der Waals surface area (Å²) in [6.07, 6.45) is 1.93. The van der Waals surface area contributed by atoms with Gasteiger partial charge in [0.25, 0.3) is 5.91 Å². The largest absolute Gasteiger partial charge is 0.335 e. The first-order chi connectivity index (χ1) is 9.26. The van der Waals surface area contributed by atoms with Gasteiger partial charge in [-0.2, -0.15) is 5.26 Å². The van der Waals surface area contributed by atoms with Crippen molar-refractivity contribution in [2.75, 3.05) is 26.2 Å². The Morgan fingerprint density at radius 1 is 1.47 bits per heavy atom. The molecule has 1 unspecified atom stereocenters. The van der Waals surface area contributed by atoms with Crippen LogP contribution < -0.4 is 0 Å². The zero-order valence-corrected chi connectivity index (χ0v) is 12.0. The average molecular weight is 277 g/mol. The fourth-order valence-corrected chi connectivity index (χ4v) is 3.09. The van der Waals surface area contributed by atoms with Crippen LogP contribution in [-0.4, -0.2) is 47.9 Å². The van der Waals surface area contributed by atoms with Gasteiger partial charge in [0.1, 0.15) is 0 Å². The molecule has 1 amide bonds. The number of hydrogen-bond acceptors (Lipinski definition) is 4. The van der Waals surface area contributed by atoms with Gasteiger partial charge in [-0.25, -0.2) is 0 Å². The predicted octanol–water partition coefficient (Wildman–Crippen LogP) is 2.20. The van der Waals surface area contributed by atoms with Crippen LogP contribution in [0.4, 0.5) is 0 Å². The molecule has 1 atom stereocenters. The SMILES string of the molecule is CCCC(C#N)N1CCN(C(=O)c2cccs2)CC1. The molecule has 19 heavy (non-hydrogen) atoms. The Morgan fingerprint density at radius 2 is 2.21 bits per heavy atom. The maximum Gasteiger partial charge on any atom is 0.264 e. The lowest BCUT2D eigenvalue weighted by Crippen LogP contribution is -2.51. The van der Waals surface area contributed by atoms with Crippen molar-refractivity contribution in [3.05, 3.63) is 22.4 Å². The van der Waals surface area contributed by atoms with Gasteiger partial charge in [0.2, 0.25) is 0 Å². The predicted molar refractivity (Wildman–Crippen MR) is 76.1 cm³/mol. The van der Waals surface area contributed by atoms with Crippen LogP contribution in [0.5, 0.6) is 0 Å². The Balaban J connectivity index is 1.89. The summed E-state index contributed by atoms with van der Waals surface area (Å²) in [5.41, 5.74) is 0. The lowest BCUT2D eigenvalue weighted by Gasteiger charge is -2.36. The van der Waals surface area contributed by atoms with Crippen molar-refractivity contribution in [3.63, 3.8) is 0 Å². The molecule has 0 N–H and O–H groups in total. The fourth-order valence-electron chi connectivity index (χ4n) is 2.39. The number of amides is 1. The van der Waals surface area contributed by atoms with Crippen molar-refractivity contribution < 1.29 is 4.79 Å². The summed E-state index contributed by atoms with van der Waals surface area (Å²) >= 11 is 1.49. The minimum Gasteiger partial charge on any atom is -0.335 e. The number of carbonyl (C=O) groups is 1. The minimum absolute atomic E-state index is 0.00369. The first kappa shape index (κ1) is 14.0. The van der Waals surface area contributed by atoms with E-state index in [0.717, 1.165) is 43.9 Å². The molecule has 0 bridgehead atoms. The van der Waals surface area contributed by atoms with Gasteiger partial charge in [0, 0.05) is 26.2 Å². The molecule has 5 heteroatoms. The van der Waals surface area contributed by atoms with Crippen LogP contribution >= 0.6 is 11.3 Å². The number of nitrogens with zero attached hydrogens (tertiary/aromatic N) is 3. The zero-order chi connectivity index (χ0) is 13.7. The van der Waals surface area contributed by atoms with Gasteiger partial charge in [-0.15, -0.1) is 11.3 Å². The van der Waals surface area contributed by atoms with Gasteiger partial charge in [-0.1, -0.05) is 19.4 Å². The molecule has 0 radical (unpaired) electrons. The smallest absolute Gasteiger partial charge is 0.264 e. The van der Waals surface area contributed by atoms with Crippen LogP contribution in [0.25, 0.3) is 0 Å². The average Bonchev–Trinajstić information content (AvgIpc) is 2.98. The van der Waals surface area contributed by atoms with Gasteiger partial charge < -0.3 is 4.90 Å². The third-order valence-electron chi connectivity index (χ3n) is 3.49. The molecule has 0 aromatic carbocycles. The standard InChI is InChI=1S/C14H19N3OS/c1-2-4-12(11-15)16-6-8-17(9-7-16)14(18)13-5-3-10-19-13/h3,5,10,12H,2,4,6-9H2,1H3. The van der Waals surface area contributed by atoms with Crippen molar-refractivity contribution in [1.29, 1.82) is 5.26 Å². The first-order valence-corrected chi connectivity index (χ1v) is 7.60. The monoisotopic (exact) mass is 277 g/mol. The molecule has 1 aliphatic rings. The van der Waals surface area contributed by atoms with Crippen LogP contribution in [0, 0.1) is 11.3 Å². The lowest BCUT2D eigenvalue weighted by atomic mass is 10.1. The Labute approximate surface area is 118 Å². The van der Waals surface area contributed by atoms with E-state index in [1.54, 1.807) is 0 Å². The van der Waals surface area contributed by atoms with Crippen molar-refractivity contribution in [2.24, 2.45) is 0 Å². The summed E-state index contributed by atoms with van der Waals surface area (Å²) in [6, 6.07) is 6.15. The highest BCUT2D eigenvalue weighted by molar-refractivity contribution is 7.12. The summed E-state index contributed by atoms with van der Waals surface area (Å²) in [5, 5.41) is 11.1. The van der Waals surface area contributed by atoms with Crippen molar-refractivity contribution in [3.8, 4) is 6.07 Å². The molecule has 1 aromatic rings. The summed E-state index contributed by atoms with van der Waals surface area (Å²) in [6.45, 7) is 5.14. The van der Waals surface area contributed by atoms with Crippen molar-refractivity contribution in [1.82, 2.24) is 9.80 Å². The second kappa shape index (κ2) is 6.69. The highest BCUT2D eigenvalue weighted by Crippen LogP contribution is 2.15. The number of hydrogen-bond donors (Lipinski definition) is 0. The van der Waals surface area contributed by atoms with Gasteiger partial charge in [-0.05, 0) is 17.9 Å². The minimum atomic E-state index is 0.00369. The summed E-state index contributed by atoms with van der Waals surface area (Å²) in [4.78, 5) is 17.1. The van der Waals surface area contributed by atoms with E-state index in [1.807, 2.05) is 22.4 Å². The van der Waals surface area contributed by atoms with E-state index in [4.69, 9.17) is 5.26 Å². The van der Waals surface area contributed by atoms with Gasteiger partial charge in [0.15, 0.2) is 0 Å². The molecular formula is C14H19N3OS. The molecule has 4 nitrogen and oxygen atoms in total. The third kappa shape index (κ3) is 3.34. The molecule has 2 heterocycles. The van der Waals surface area contributed by atoms with Crippen LogP contribution in [0.1, 0.15) is 29.4 Å². The van der Waals surface area contributed by atoms with Crippen molar-refractivity contribution >= 4 is 17.2 Å². The lowest BCUT2D eigenvalue weighted by molar-refractivity contribution is 0.0606. The Kier molecular flexibility index (Phi) is 4.94. The first-order valence-electron chi connectivity index (χ1n) is 6.72. The normalized spacial score (nSPS) is 18.0. The zero-order valence-electron chi connectivity index (χ0n) is 11.2. The van der Waals surface area contributed by atoms with Crippen LogP contribution in [0.2, 0.25) is 0 Å². The number of nitriles is 1. The van der Waals surface area contributed by atoms with E-state index in [2.05, 4.69) is 17.9 Å². The van der Waals surface area contributed by atoms with Crippen LogP contribution in [0.3, 0.4) is 0 Å². The molecule has 0 spiro atoms. The Hall–Kier alpha value is -1.38. The number of rotatable bonds is 4. The molecular weight excluding hydrogens is 258 g/mol. The topological polar surface area (TPSA) is 47.3 Å². The maximum absolute atomic E-state index is 12.2. The Bertz CT molecular complexity index is 444. The Morgan fingerprint density at radius 3 is 2.74 bits per heavy atom. The van der Waals surface area contributed by atoms with E-state index in [-0.39, 0.29) is 11.9 Å². The number of carbonyl (C=O) groups excluding carboxylic acids is 1. The van der Waals surface area contributed by atoms with E-state index < -0.39 is 0 Å². The number of piperazine rings is 1. The molecule has 2 rings (SSSR count). The highest BCUT2D eigenvalue weighted by Gasteiger charge is 2.26. The van der Waals surface area contributed by atoms with E-state index >= 15 is 0 Å². The van der Waals surface area contributed by atoms with Gasteiger partial charge in [-0.3, -0.25) is 9.69 Å². The molecule has 1 aliphatic heterocycles. The molecule has 102 valence electrons. The van der Waals surface area contributed by atoms with Gasteiger partial charge >= 0.3 is 0 Å². The molecule has 1 aromatic heterocycles. The second-order valence-electron chi connectivity index (χ2n) is 4.74. The molecule has 0 saturated carbocycles. The summed E-state index contributed by atoms with van der Waals surface area (Å²) in [5.74, 6) is 0.124. The van der Waals surface area contributed by atoms with Crippen LogP contribution in [-0.2, 0) is 0 Å². The van der Waals surface area contributed by atoms with E-state index in [0.29, 0.717) is 0 Å². The molecule has 0 aliphatic carbocycles. The highest BCUT2D eigenvalue weighted by atomic mass is 32.1. The van der Waals surface area contributed by atoms with E-state index in [9.17, 15) is 4.79 Å². The fraction of sp³-hybridized carbons (Fsp3) is 0.571. The second-order valence-corrected chi connectivity index (χ2v) is 5.69. The summed E-state index contributed by atoms with van der Waals surface area (Å²) in [7, 11) is 0. The van der Waals surface area contributed by atoms with Crippen LogP contribution in [0.15, 0.2) is 17.5 Å². The van der Waals surface area contributed by atoms with Gasteiger partial charge in [0.05, 0.1) is 17.0 Å². The maximum atomic E-state index is 12.2. The molecule has 1 fully saturated rings.